The van der Waals surface area contributed by atoms with Crippen molar-refractivity contribution in [1.82, 2.24) is 4.90 Å². The Balaban J connectivity index is 2.22. The molecule has 2 saturated heterocycles. The van der Waals surface area contributed by atoms with Crippen LogP contribution < -0.4 is 0 Å². The van der Waals surface area contributed by atoms with Gasteiger partial charge in [-0.25, -0.2) is 0 Å². The minimum Gasteiger partial charge on any atom is -0.468 e. The SMILES string of the molecule is COC(=O)C1C(=O)CC2CC[C@@H]1N2C. The van der Waals surface area contributed by atoms with Crippen LogP contribution in [0.1, 0.15) is 19.3 Å². The first-order chi connectivity index (χ1) is 6.65. The molecule has 14 heavy (non-hydrogen) atoms. The Bertz CT molecular complexity index is 277. The quantitative estimate of drug-likeness (QED) is 0.445. The van der Waals surface area contributed by atoms with E-state index in [1.54, 1.807) is 0 Å². The first kappa shape index (κ1) is 9.65. The van der Waals surface area contributed by atoms with Crippen LogP contribution in [0.3, 0.4) is 0 Å². The number of piperidine rings is 1. The van der Waals surface area contributed by atoms with E-state index in [2.05, 4.69) is 9.64 Å². The first-order valence-electron chi connectivity index (χ1n) is 4.97. The number of hydrogen-bond donors (Lipinski definition) is 0. The first-order valence-corrected chi connectivity index (χ1v) is 4.97. The van der Waals surface area contributed by atoms with Gasteiger partial charge in [-0.3, -0.25) is 14.5 Å². The maximum Gasteiger partial charge on any atom is 0.317 e. The fourth-order valence-electron chi connectivity index (χ4n) is 2.68. The smallest absolute Gasteiger partial charge is 0.317 e. The van der Waals surface area contributed by atoms with Gasteiger partial charge in [0, 0.05) is 18.5 Å². The summed E-state index contributed by atoms with van der Waals surface area (Å²) >= 11 is 0. The van der Waals surface area contributed by atoms with Crippen molar-refractivity contribution in [2.75, 3.05) is 14.2 Å². The van der Waals surface area contributed by atoms with Crippen LogP contribution in [0.5, 0.6) is 0 Å². The second-order valence-corrected chi connectivity index (χ2v) is 4.14. The van der Waals surface area contributed by atoms with Crippen LogP contribution in [0.4, 0.5) is 0 Å². The van der Waals surface area contributed by atoms with Crippen molar-refractivity contribution in [3.05, 3.63) is 0 Å². The number of ether oxygens (including phenoxy) is 1. The maximum absolute atomic E-state index is 11.7. The van der Waals surface area contributed by atoms with Gasteiger partial charge in [0.1, 0.15) is 11.7 Å². The van der Waals surface area contributed by atoms with Gasteiger partial charge in [-0.2, -0.15) is 0 Å². The van der Waals surface area contributed by atoms with Gasteiger partial charge >= 0.3 is 5.97 Å². The molecule has 0 saturated carbocycles. The minimum absolute atomic E-state index is 0.0578. The molecule has 2 fully saturated rings. The Morgan fingerprint density at radius 2 is 2.21 bits per heavy atom. The van der Waals surface area contributed by atoms with Gasteiger partial charge in [0.05, 0.1) is 7.11 Å². The monoisotopic (exact) mass is 197 g/mol. The molecule has 0 radical (unpaired) electrons. The van der Waals surface area contributed by atoms with E-state index in [0.29, 0.717) is 12.5 Å². The van der Waals surface area contributed by atoms with Gasteiger partial charge in [-0.15, -0.1) is 0 Å². The number of carbonyl (C=O) groups is 2. The Labute approximate surface area is 83.2 Å². The summed E-state index contributed by atoms with van der Waals surface area (Å²) in [7, 11) is 3.33. The minimum atomic E-state index is -0.538. The average molecular weight is 197 g/mol. The lowest BCUT2D eigenvalue weighted by Crippen LogP contribution is -2.50. The summed E-state index contributed by atoms with van der Waals surface area (Å²) in [6.45, 7) is 0. The lowest BCUT2D eigenvalue weighted by atomic mass is 9.89. The molecule has 0 aromatic heterocycles. The second-order valence-electron chi connectivity index (χ2n) is 4.14. The molecule has 0 amide bonds. The maximum atomic E-state index is 11.7. The third kappa shape index (κ3) is 1.25. The van der Waals surface area contributed by atoms with Crippen LogP contribution >= 0.6 is 0 Å². The summed E-state index contributed by atoms with van der Waals surface area (Å²) in [5.41, 5.74) is 0. The predicted molar refractivity (Wildman–Crippen MR) is 49.7 cm³/mol. The van der Waals surface area contributed by atoms with Crippen molar-refractivity contribution >= 4 is 11.8 Å². The van der Waals surface area contributed by atoms with E-state index in [1.165, 1.54) is 7.11 Å². The number of nitrogens with zero attached hydrogens (tertiary/aromatic N) is 1. The molecule has 0 aliphatic carbocycles. The molecule has 2 unspecified atom stereocenters. The number of fused-ring (bicyclic) bond motifs is 2. The van der Waals surface area contributed by atoms with Crippen LogP contribution in [-0.4, -0.2) is 42.9 Å². The summed E-state index contributed by atoms with van der Waals surface area (Å²) in [6, 6.07) is 0.433. The fraction of sp³-hybridized carbons (Fsp3) is 0.800. The normalized spacial score (nSPS) is 37.3. The molecule has 4 heteroatoms. The van der Waals surface area contributed by atoms with Gasteiger partial charge in [-0.05, 0) is 19.9 Å². The number of carbonyl (C=O) groups excluding carboxylic acids is 2. The molecule has 78 valence electrons. The van der Waals surface area contributed by atoms with Crippen molar-refractivity contribution in [3.8, 4) is 0 Å². The number of hydrogen-bond acceptors (Lipinski definition) is 4. The van der Waals surface area contributed by atoms with Crippen molar-refractivity contribution in [2.24, 2.45) is 5.92 Å². The van der Waals surface area contributed by atoms with Crippen molar-refractivity contribution in [2.45, 2.75) is 31.3 Å². The van der Waals surface area contributed by atoms with Gasteiger partial charge < -0.3 is 4.74 Å². The zero-order chi connectivity index (χ0) is 10.3. The summed E-state index contributed by atoms with van der Waals surface area (Å²) in [5.74, 6) is -0.849. The highest BCUT2D eigenvalue weighted by Crippen LogP contribution is 2.36. The van der Waals surface area contributed by atoms with Crippen LogP contribution in [-0.2, 0) is 14.3 Å². The Kier molecular flexibility index (Phi) is 2.31. The van der Waals surface area contributed by atoms with Gasteiger partial charge in [0.25, 0.3) is 0 Å². The van der Waals surface area contributed by atoms with Crippen LogP contribution in [0.2, 0.25) is 0 Å². The molecule has 0 aromatic rings. The zero-order valence-corrected chi connectivity index (χ0v) is 8.53. The van der Waals surface area contributed by atoms with E-state index in [-0.39, 0.29) is 17.8 Å². The highest BCUT2D eigenvalue weighted by Gasteiger charge is 2.48. The molecule has 4 nitrogen and oxygen atoms in total. The number of esters is 1. The highest BCUT2D eigenvalue weighted by molar-refractivity contribution is 6.00. The molecule has 2 aliphatic heterocycles. The van der Waals surface area contributed by atoms with Crippen molar-refractivity contribution < 1.29 is 14.3 Å². The lowest BCUT2D eigenvalue weighted by molar-refractivity contribution is -0.154. The van der Waals surface area contributed by atoms with Gasteiger partial charge in [0.2, 0.25) is 0 Å². The lowest BCUT2D eigenvalue weighted by Gasteiger charge is -2.34. The Morgan fingerprint density at radius 1 is 1.50 bits per heavy atom. The van der Waals surface area contributed by atoms with Gasteiger partial charge in [0.15, 0.2) is 0 Å². The number of ketones is 1. The Hall–Kier alpha value is -0.900. The predicted octanol–water partition coefficient (Wildman–Crippen LogP) is 0.211. The molecular formula is C10H15NO3. The van der Waals surface area contributed by atoms with Crippen LogP contribution in [0.15, 0.2) is 0 Å². The number of methoxy groups -OCH3 is 1. The Morgan fingerprint density at radius 3 is 2.86 bits per heavy atom. The summed E-state index contributed by atoms with van der Waals surface area (Å²) < 4.78 is 4.67. The number of rotatable bonds is 1. The largest absolute Gasteiger partial charge is 0.468 e. The molecule has 2 heterocycles. The molecule has 2 bridgehead atoms. The molecule has 2 aliphatic rings. The van der Waals surface area contributed by atoms with E-state index in [9.17, 15) is 9.59 Å². The van der Waals surface area contributed by atoms with E-state index in [4.69, 9.17) is 0 Å². The molecule has 3 atom stereocenters. The van der Waals surface area contributed by atoms with Crippen LogP contribution in [0, 0.1) is 5.92 Å². The summed E-state index contributed by atoms with van der Waals surface area (Å²) in [5, 5.41) is 0. The van der Waals surface area contributed by atoms with Crippen LogP contribution in [0.25, 0.3) is 0 Å². The van der Waals surface area contributed by atoms with E-state index in [0.717, 1.165) is 12.8 Å². The van der Waals surface area contributed by atoms with E-state index in [1.807, 2.05) is 7.05 Å². The molecular weight excluding hydrogens is 182 g/mol. The highest BCUT2D eigenvalue weighted by atomic mass is 16.5. The summed E-state index contributed by atoms with van der Waals surface area (Å²) in [6.07, 6.45) is 2.47. The number of Topliss-reactive ketones (excluding diaryl/α,β-unsaturated/α-hetero) is 1. The third-order valence-corrected chi connectivity index (χ3v) is 3.52. The molecule has 2 rings (SSSR count). The zero-order valence-electron chi connectivity index (χ0n) is 8.53. The van der Waals surface area contributed by atoms with E-state index < -0.39 is 5.92 Å². The topological polar surface area (TPSA) is 46.6 Å². The van der Waals surface area contributed by atoms with Gasteiger partial charge in [-0.1, -0.05) is 0 Å². The standard InChI is InChI=1S/C10H15NO3/c1-11-6-3-4-7(11)9(8(12)5-6)10(13)14-2/h6-7,9H,3-5H2,1-2H3/t6?,7-,9?/m0/s1. The molecule has 0 spiro atoms. The second kappa shape index (κ2) is 3.35. The van der Waals surface area contributed by atoms with Crippen molar-refractivity contribution in [3.63, 3.8) is 0 Å². The van der Waals surface area contributed by atoms with E-state index >= 15 is 0 Å². The molecule has 0 N–H and O–H groups in total. The van der Waals surface area contributed by atoms with Crippen molar-refractivity contribution in [1.29, 1.82) is 0 Å². The third-order valence-electron chi connectivity index (χ3n) is 3.52. The average Bonchev–Trinajstić information content (AvgIpc) is 2.42. The summed E-state index contributed by atoms with van der Waals surface area (Å²) in [4.78, 5) is 25.3. The fourth-order valence-corrected chi connectivity index (χ4v) is 2.68. The molecule has 0 aromatic carbocycles.